The van der Waals surface area contributed by atoms with E-state index in [-0.39, 0.29) is 10.6 Å². The van der Waals surface area contributed by atoms with Crippen molar-refractivity contribution in [3.63, 3.8) is 0 Å². The first kappa shape index (κ1) is 31.0. The summed E-state index contributed by atoms with van der Waals surface area (Å²) in [6.45, 7) is 0.779. The number of carbonyl (C=O) groups excluding carboxylic acids is 1. The molecule has 2 aliphatic heterocycles. The predicted molar refractivity (Wildman–Crippen MR) is 135 cm³/mol. The number of nitrogens with one attached hydrogen (secondary N) is 2. The lowest BCUT2D eigenvalue weighted by Gasteiger charge is -2.22. The molecule has 5 heterocycles. The van der Waals surface area contributed by atoms with Crippen LogP contribution in [0.4, 0.5) is 5.95 Å². The standard InChI is InChI=1S/C17H20N7O14P3S/c1-7-21-12-9(14(42)22-7)20-6-24(12)15-11-10(35-16(36-11)13(25)23-17-18-3-2-4-19-17)8(34-15)5-33-40(29,30)38-41(31,32)37-39(26,27)28/h2-4,6,8,10-11,15-16H,5H2,1H3,(H,29,30)(H,31,32)(H,21,22,42)(H2,26,27,28)(H,18,19,23,25). The second kappa shape index (κ2) is 11.6. The van der Waals surface area contributed by atoms with Crippen LogP contribution in [0.2, 0.25) is 0 Å². The minimum absolute atomic E-state index is 0.0417. The molecule has 0 radical (unpaired) electrons. The molecule has 3 aromatic heterocycles. The van der Waals surface area contributed by atoms with Crippen molar-refractivity contribution in [2.75, 3.05) is 11.9 Å². The van der Waals surface area contributed by atoms with Gasteiger partial charge in [0.25, 0.3) is 5.91 Å². The number of aryl methyl sites for hydroxylation is 1. The lowest BCUT2D eigenvalue weighted by Crippen LogP contribution is -2.34. The molecular weight excluding hydrogens is 651 g/mol. The molecule has 21 nitrogen and oxygen atoms in total. The first-order valence-corrected chi connectivity index (χ1v) is 16.3. The summed E-state index contributed by atoms with van der Waals surface area (Å²) in [7, 11) is -16.9. The summed E-state index contributed by atoms with van der Waals surface area (Å²) in [5, 5.41) is 2.41. The van der Waals surface area contributed by atoms with Gasteiger partial charge in [-0.2, -0.15) is 8.62 Å². The van der Waals surface area contributed by atoms with Gasteiger partial charge in [0.2, 0.25) is 12.2 Å². The molecule has 5 rings (SSSR count). The van der Waals surface area contributed by atoms with Gasteiger partial charge in [0, 0.05) is 12.4 Å². The Morgan fingerprint density at radius 3 is 2.45 bits per heavy atom. The van der Waals surface area contributed by atoms with Gasteiger partial charge in [-0.25, -0.2) is 33.6 Å². The number of anilines is 1. The van der Waals surface area contributed by atoms with Gasteiger partial charge in [0.05, 0.1) is 12.9 Å². The van der Waals surface area contributed by atoms with E-state index in [9.17, 15) is 28.3 Å². The normalized spacial score (nSPS) is 26.9. The van der Waals surface area contributed by atoms with Gasteiger partial charge < -0.3 is 38.8 Å². The summed E-state index contributed by atoms with van der Waals surface area (Å²) >= 11 is 5.26. The Balaban J connectivity index is 1.38. The molecule has 7 atom stereocenters. The van der Waals surface area contributed by atoms with Gasteiger partial charge in [-0.1, -0.05) is 12.2 Å². The Bertz CT molecular complexity index is 1700. The maximum atomic E-state index is 12.8. The summed E-state index contributed by atoms with van der Waals surface area (Å²) in [5.41, 5.74) is 0.667. The number of nitrogens with zero attached hydrogens (tertiary/aromatic N) is 5. The number of aromatic amines is 1. The molecule has 0 saturated carbocycles. The summed E-state index contributed by atoms with van der Waals surface area (Å²) in [4.78, 5) is 68.7. The molecule has 2 fully saturated rings. The van der Waals surface area contributed by atoms with E-state index in [1.54, 1.807) is 6.92 Å². The highest BCUT2D eigenvalue weighted by molar-refractivity contribution is 7.71. The van der Waals surface area contributed by atoms with Crippen LogP contribution in [0.25, 0.3) is 11.2 Å². The number of phosphoric ester groups is 1. The molecule has 2 aliphatic rings. The lowest BCUT2D eigenvalue weighted by molar-refractivity contribution is -0.166. The molecule has 0 aliphatic carbocycles. The van der Waals surface area contributed by atoms with E-state index in [1.807, 2.05) is 0 Å². The number of carbonyl (C=O) groups is 1. The van der Waals surface area contributed by atoms with Crippen LogP contribution in [-0.4, -0.2) is 86.2 Å². The number of ether oxygens (including phenoxy) is 3. The Labute approximate surface area is 238 Å². The van der Waals surface area contributed by atoms with E-state index in [4.69, 9.17) is 40.7 Å². The van der Waals surface area contributed by atoms with E-state index in [2.05, 4.69) is 38.9 Å². The Hall–Kier alpha value is -2.39. The largest absolute Gasteiger partial charge is 0.490 e. The van der Waals surface area contributed by atoms with Gasteiger partial charge in [0.15, 0.2) is 10.9 Å². The smallest absolute Gasteiger partial charge is 0.347 e. The monoisotopic (exact) mass is 671 g/mol. The van der Waals surface area contributed by atoms with Crippen LogP contribution in [0.3, 0.4) is 0 Å². The SMILES string of the molecule is Cc1nc(=S)c2ncn(C3OC(COP(=O)(O)OP(=O)(O)OP(=O)(O)O)C4OC(C(=O)Nc5ncccn5)OC43)c2[nH]1. The fourth-order valence-electron chi connectivity index (χ4n) is 4.06. The Kier molecular flexibility index (Phi) is 8.58. The number of amides is 1. The molecule has 0 spiro atoms. The maximum absolute atomic E-state index is 12.8. The summed E-state index contributed by atoms with van der Waals surface area (Å²) in [5.74, 6) is -0.396. The van der Waals surface area contributed by atoms with Crippen LogP contribution >= 0.6 is 35.7 Å². The van der Waals surface area contributed by atoms with Crippen LogP contribution in [0, 0.1) is 11.6 Å². The second-order valence-corrected chi connectivity index (χ2v) is 13.3. The fourth-order valence-corrected chi connectivity index (χ4v) is 7.38. The lowest BCUT2D eigenvalue weighted by atomic mass is 10.1. The van der Waals surface area contributed by atoms with Crippen LogP contribution in [0.1, 0.15) is 12.1 Å². The third-order valence-corrected chi connectivity index (χ3v) is 9.61. The Morgan fingerprint density at radius 2 is 1.76 bits per heavy atom. The van der Waals surface area contributed by atoms with Crippen molar-refractivity contribution in [3.05, 3.63) is 35.3 Å². The average Bonchev–Trinajstić information content (AvgIpc) is 3.55. The molecule has 0 bridgehead atoms. The quantitative estimate of drug-likeness (QED) is 0.127. The van der Waals surface area contributed by atoms with E-state index in [0.717, 1.165) is 0 Å². The highest BCUT2D eigenvalue weighted by Crippen LogP contribution is 2.66. The van der Waals surface area contributed by atoms with Gasteiger partial charge in [0.1, 0.15) is 35.3 Å². The minimum Gasteiger partial charge on any atom is -0.347 e. The third kappa shape index (κ3) is 7.04. The third-order valence-electron chi connectivity index (χ3n) is 5.52. The van der Waals surface area contributed by atoms with Crippen molar-refractivity contribution in [3.8, 4) is 0 Å². The first-order valence-electron chi connectivity index (χ1n) is 11.4. The van der Waals surface area contributed by atoms with Crippen LogP contribution in [0.5, 0.6) is 0 Å². The molecule has 25 heteroatoms. The van der Waals surface area contributed by atoms with Gasteiger partial charge in [-0.05, 0) is 13.0 Å². The minimum atomic E-state index is -5.76. The zero-order valence-electron chi connectivity index (χ0n) is 20.8. The van der Waals surface area contributed by atoms with E-state index < -0.39 is 66.8 Å². The number of rotatable bonds is 10. The molecule has 228 valence electrons. The molecule has 7 unspecified atom stereocenters. The number of aromatic nitrogens is 6. The van der Waals surface area contributed by atoms with Crippen molar-refractivity contribution in [2.45, 2.75) is 37.8 Å². The molecule has 2 saturated heterocycles. The highest BCUT2D eigenvalue weighted by Gasteiger charge is 2.56. The van der Waals surface area contributed by atoms with Crippen molar-refractivity contribution >= 4 is 58.7 Å². The molecule has 6 N–H and O–H groups in total. The summed E-state index contributed by atoms with van der Waals surface area (Å²) < 4.78 is 66.2. The van der Waals surface area contributed by atoms with E-state index in [1.165, 1.54) is 29.4 Å². The maximum Gasteiger partial charge on any atom is 0.490 e. The van der Waals surface area contributed by atoms with Crippen LogP contribution in [0.15, 0.2) is 24.8 Å². The zero-order chi connectivity index (χ0) is 30.4. The second-order valence-electron chi connectivity index (χ2n) is 8.52. The number of hydrogen-bond acceptors (Lipinski definition) is 15. The van der Waals surface area contributed by atoms with Crippen molar-refractivity contribution < 1.29 is 65.4 Å². The zero-order valence-corrected chi connectivity index (χ0v) is 24.3. The van der Waals surface area contributed by atoms with Crippen molar-refractivity contribution in [2.24, 2.45) is 0 Å². The number of H-pyrrole nitrogens is 1. The van der Waals surface area contributed by atoms with Crippen LogP contribution in [-0.2, 0) is 45.8 Å². The molecule has 3 aromatic rings. The van der Waals surface area contributed by atoms with Crippen molar-refractivity contribution in [1.29, 1.82) is 0 Å². The molecule has 1 amide bonds. The van der Waals surface area contributed by atoms with Gasteiger partial charge >= 0.3 is 23.5 Å². The molecular formula is C17H20N7O14P3S. The summed E-state index contributed by atoms with van der Waals surface area (Å²) in [6, 6.07) is 1.53. The summed E-state index contributed by atoms with van der Waals surface area (Å²) in [6.07, 6.45) is -2.03. The number of fused-ring (bicyclic) bond motifs is 2. The average molecular weight is 671 g/mol. The molecule has 42 heavy (non-hydrogen) atoms. The highest BCUT2D eigenvalue weighted by atomic mass is 32.1. The van der Waals surface area contributed by atoms with Gasteiger partial charge in [-0.3, -0.25) is 19.2 Å². The van der Waals surface area contributed by atoms with E-state index in [0.29, 0.717) is 17.0 Å². The molecule has 0 aromatic carbocycles. The number of hydrogen-bond donors (Lipinski definition) is 6. The van der Waals surface area contributed by atoms with E-state index >= 15 is 0 Å². The van der Waals surface area contributed by atoms with Crippen LogP contribution < -0.4 is 5.32 Å². The topological polar surface area (TPSA) is 289 Å². The number of phosphoric acid groups is 3. The first-order chi connectivity index (χ1) is 19.6. The fraction of sp³-hybridized carbons (Fsp3) is 0.412. The van der Waals surface area contributed by atoms with Crippen molar-refractivity contribution in [1.82, 2.24) is 29.5 Å². The Morgan fingerprint density at radius 1 is 1.07 bits per heavy atom. The predicted octanol–water partition coefficient (Wildman–Crippen LogP) is 0.577. The van der Waals surface area contributed by atoms with Gasteiger partial charge in [-0.15, -0.1) is 0 Å². The number of imidazole rings is 1.